The zero-order valence-corrected chi connectivity index (χ0v) is 16.4. The van der Waals surface area contributed by atoms with Gasteiger partial charge in [-0.05, 0) is 12.0 Å². The summed E-state index contributed by atoms with van der Waals surface area (Å²) in [5.74, 6) is 1.35. The minimum Gasteiger partial charge on any atom is -0.488 e. The Morgan fingerprint density at radius 1 is 1.32 bits per heavy atom. The molecule has 3 rings (SSSR count). The fraction of sp³-hybridized carbons (Fsp3) is 0.450. The van der Waals surface area contributed by atoms with E-state index in [0.29, 0.717) is 42.0 Å². The largest absolute Gasteiger partial charge is 0.488 e. The third-order valence-electron chi connectivity index (χ3n) is 4.46. The Morgan fingerprint density at radius 3 is 2.75 bits per heavy atom. The van der Waals surface area contributed by atoms with Crippen LogP contribution in [0.15, 0.2) is 16.9 Å². The van der Waals surface area contributed by atoms with Crippen LogP contribution in [-0.2, 0) is 4.74 Å². The van der Waals surface area contributed by atoms with Crippen molar-refractivity contribution in [2.24, 2.45) is 5.92 Å². The van der Waals surface area contributed by atoms with E-state index in [1.165, 1.54) is 7.11 Å². The van der Waals surface area contributed by atoms with Crippen LogP contribution in [-0.4, -0.2) is 37.4 Å². The molecule has 148 valence electrons. The number of ether oxygens (including phenoxy) is 4. The van der Waals surface area contributed by atoms with Gasteiger partial charge in [0.1, 0.15) is 23.4 Å². The number of H-pyrrole nitrogens is 1. The Morgan fingerprint density at radius 2 is 2.11 bits per heavy atom. The zero-order valence-electron chi connectivity index (χ0n) is 16.4. The predicted octanol–water partition coefficient (Wildman–Crippen LogP) is 2.82. The average molecular weight is 385 g/mol. The standard InChI is InChI=1S/C20H23N3O5/c1-11(2)18-13-8-12(10-21)19(24)22-16(13)17-14(28-18)9-15(20(23-17)26-4)27-7-5-6-25-3/h8-9,11,18H,5-7H2,1-4H3,(H,22,24). The molecule has 0 bridgehead atoms. The van der Waals surface area contributed by atoms with E-state index in [-0.39, 0.29) is 17.6 Å². The Labute approximate surface area is 163 Å². The summed E-state index contributed by atoms with van der Waals surface area (Å²) in [6, 6.07) is 5.22. The number of fused-ring (bicyclic) bond motifs is 3. The maximum Gasteiger partial charge on any atom is 0.266 e. The molecular formula is C20H23N3O5. The van der Waals surface area contributed by atoms with Gasteiger partial charge in [-0.3, -0.25) is 4.79 Å². The van der Waals surface area contributed by atoms with Gasteiger partial charge < -0.3 is 23.9 Å². The van der Waals surface area contributed by atoms with Gasteiger partial charge in [0.25, 0.3) is 11.4 Å². The summed E-state index contributed by atoms with van der Waals surface area (Å²) in [4.78, 5) is 19.5. The Hall–Kier alpha value is -3.05. The second kappa shape index (κ2) is 8.31. The molecule has 28 heavy (non-hydrogen) atoms. The molecule has 0 fully saturated rings. The first-order valence-electron chi connectivity index (χ1n) is 9.05. The number of aromatic amines is 1. The van der Waals surface area contributed by atoms with E-state index in [1.807, 2.05) is 19.9 Å². The number of nitrogens with one attached hydrogen (secondary N) is 1. The smallest absolute Gasteiger partial charge is 0.266 e. The fourth-order valence-electron chi connectivity index (χ4n) is 3.11. The third kappa shape index (κ3) is 3.66. The highest BCUT2D eigenvalue weighted by molar-refractivity contribution is 5.71. The summed E-state index contributed by atoms with van der Waals surface area (Å²) in [5, 5.41) is 9.21. The van der Waals surface area contributed by atoms with Crippen molar-refractivity contribution in [1.29, 1.82) is 5.26 Å². The number of nitrogens with zero attached hydrogens (tertiary/aromatic N) is 2. The maximum absolute atomic E-state index is 12.2. The quantitative estimate of drug-likeness (QED) is 0.730. The monoisotopic (exact) mass is 385 g/mol. The van der Waals surface area contributed by atoms with E-state index in [1.54, 1.807) is 19.2 Å². The molecule has 0 saturated carbocycles. The van der Waals surface area contributed by atoms with E-state index in [9.17, 15) is 10.1 Å². The van der Waals surface area contributed by atoms with E-state index in [0.717, 1.165) is 12.0 Å². The van der Waals surface area contributed by atoms with Gasteiger partial charge in [-0.2, -0.15) is 5.26 Å². The van der Waals surface area contributed by atoms with Crippen LogP contribution in [0, 0.1) is 17.2 Å². The maximum atomic E-state index is 12.2. The number of methoxy groups -OCH3 is 2. The highest BCUT2D eigenvalue weighted by atomic mass is 16.5. The average Bonchev–Trinajstić information content (AvgIpc) is 2.69. The Bertz CT molecular complexity index is 962. The van der Waals surface area contributed by atoms with Gasteiger partial charge in [-0.25, -0.2) is 4.98 Å². The first kappa shape index (κ1) is 19.7. The van der Waals surface area contributed by atoms with Crippen molar-refractivity contribution in [2.45, 2.75) is 26.4 Å². The first-order valence-corrected chi connectivity index (χ1v) is 9.05. The summed E-state index contributed by atoms with van der Waals surface area (Å²) in [6.07, 6.45) is 0.391. The topological polar surface area (TPSA) is 106 Å². The lowest BCUT2D eigenvalue weighted by Crippen LogP contribution is -2.24. The molecule has 8 heteroatoms. The van der Waals surface area contributed by atoms with Crippen molar-refractivity contribution >= 4 is 0 Å². The van der Waals surface area contributed by atoms with Crippen LogP contribution in [0.5, 0.6) is 17.4 Å². The van der Waals surface area contributed by atoms with Gasteiger partial charge in [-0.15, -0.1) is 0 Å². The van der Waals surface area contributed by atoms with E-state index in [2.05, 4.69) is 9.97 Å². The molecule has 8 nitrogen and oxygen atoms in total. The highest BCUT2D eigenvalue weighted by Gasteiger charge is 2.32. The molecule has 1 unspecified atom stereocenters. The number of hydrogen-bond donors (Lipinski definition) is 1. The number of hydrogen-bond acceptors (Lipinski definition) is 7. The van der Waals surface area contributed by atoms with Gasteiger partial charge in [0.2, 0.25) is 0 Å². The lowest BCUT2D eigenvalue weighted by Gasteiger charge is -2.30. The van der Waals surface area contributed by atoms with Gasteiger partial charge in [0.05, 0.1) is 19.4 Å². The number of rotatable bonds is 7. The molecule has 0 amide bonds. The van der Waals surface area contributed by atoms with Crippen molar-refractivity contribution in [2.75, 3.05) is 27.4 Å². The molecule has 2 aromatic heterocycles. The highest BCUT2D eigenvalue weighted by Crippen LogP contribution is 2.46. The van der Waals surface area contributed by atoms with E-state index >= 15 is 0 Å². The second-order valence-electron chi connectivity index (χ2n) is 6.77. The van der Waals surface area contributed by atoms with Crippen LogP contribution in [0.1, 0.15) is 37.5 Å². The normalized spacial score (nSPS) is 14.6. The number of aromatic nitrogens is 2. The molecule has 2 aromatic rings. The summed E-state index contributed by atoms with van der Waals surface area (Å²) in [5.41, 5.74) is 1.29. The van der Waals surface area contributed by atoms with Crippen LogP contribution >= 0.6 is 0 Å². The minimum atomic E-state index is -0.461. The SMILES string of the molecule is COCCCOc1cc2c(nc1OC)-c1[nH]c(=O)c(C#N)cc1C(C(C)C)O2. The van der Waals surface area contributed by atoms with Gasteiger partial charge in [-0.1, -0.05) is 13.8 Å². The summed E-state index contributed by atoms with van der Waals surface area (Å²) in [7, 11) is 3.14. The van der Waals surface area contributed by atoms with Gasteiger partial charge >= 0.3 is 0 Å². The Kier molecular flexibility index (Phi) is 5.85. The van der Waals surface area contributed by atoms with Crippen LogP contribution in [0.25, 0.3) is 11.4 Å². The minimum absolute atomic E-state index is 0.0431. The summed E-state index contributed by atoms with van der Waals surface area (Å²) >= 11 is 0. The fourth-order valence-corrected chi connectivity index (χ4v) is 3.11. The summed E-state index contributed by atoms with van der Waals surface area (Å²) < 4.78 is 22.3. The van der Waals surface area contributed by atoms with Crippen molar-refractivity contribution in [3.05, 3.63) is 33.6 Å². The molecule has 0 saturated heterocycles. The molecule has 1 aliphatic rings. The van der Waals surface area contributed by atoms with Crippen LogP contribution in [0.3, 0.4) is 0 Å². The van der Waals surface area contributed by atoms with Crippen molar-refractivity contribution in [1.82, 2.24) is 9.97 Å². The van der Waals surface area contributed by atoms with Gasteiger partial charge in [0.15, 0.2) is 11.5 Å². The third-order valence-corrected chi connectivity index (χ3v) is 4.46. The second-order valence-corrected chi connectivity index (χ2v) is 6.77. The number of nitriles is 1. The first-order chi connectivity index (χ1) is 13.5. The molecule has 0 aromatic carbocycles. The van der Waals surface area contributed by atoms with E-state index < -0.39 is 5.56 Å². The molecule has 3 heterocycles. The lowest BCUT2D eigenvalue weighted by molar-refractivity contribution is 0.147. The van der Waals surface area contributed by atoms with Crippen LogP contribution in [0.2, 0.25) is 0 Å². The van der Waals surface area contributed by atoms with Gasteiger partial charge in [0, 0.05) is 31.8 Å². The molecule has 1 atom stereocenters. The van der Waals surface area contributed by atoms with Crippen molar-refractivity contribution in [3.63, 3.8) is 0 Å². The van der Waals surface area contributed by atoms with E-state index in [4.69, 9.17) is 18.9 Å². The molecule has 1 N–H and O–H groups in total. The van der Waals surface area contributed by atoms with Crippen molar-refractivity contribution in [3.8, 4) is 34.8 Å². The Balaban J connectivity index is 2.09. The van der Waals surface area contributed by atoms with Crippen LogP contribution in [0.4, 0.5) is 0 Å². The predicted molar refractivity (Wildman–Crippen MR) is 102 cm³/mol. The molecule has 0 spiro atoms. The zero-order chi connectivity index (χ0) is 20.3. The van der Waals surface area contributed by atoms with Crippen LogP contribution < -0.4 is 19.8 Å². The molecular weight excluding hydrogens is 362 g/mol. The lowest BCUT2D eigenvalue weighted by atomic mass is 9.92. The van der Waals surface area contributed by atoms with Crippen molar-refractivity contribution < 1.29 is 18.9 Å². The molecule has 0 aliphatic carbocycles. The molecule has 1 aliphatic heterocycles. The number of pyridine rings is 2. The summed E-state index contributed by atoms with van der Waals surface area (Å²) in [6.45, 7) is 5.05. The molecule has 0 radical (unpaired) electrons.